The number of hydrogen-bond donors (Lipinski definition) is 3. The SMILES string of the molecule is NCC1CN(C(=O)Nc2snc(OCc3cc(F)c(Cl)cc3F)c2C(N)=O)CCO1. The number of amides is 3. The molecule has 9 nitrogen and oxygen atoms in total. The van der Waals surface area contributed by atoms with E-state index in [0.717, 1.165) is 23.7 Å². The molecule has 2 heterocycles. The first kappa shape index (κ1) is 22.2. The monoisotopic (exact) mass is 461 g/mol. The molecular formula is C17H18ClF2N5O4S. The number of ether oxygens (including phenoxy) is 2. The predicted octanol–water partition coefficient (Wildman–Crippen LogP) is 1.94. The normalized spacial score (nSPS) is 16.4. The van der Waals surface area contributed by atoms with Crippen molar-refractivity contribution in [3.8, 4) is 5.88 Å². The van der Waals surface area contributed by atoms with Crippen molar-refractivity contribution in [2.24, 2.45) is 11.5 Å². The van der Waals surface area contributed by atoms with E-state index in [9.17, 15) is 18.4 Å². The van der Waals surface area contributed by atoms with Crippen LogP contribution in [0.5, 0.6) is 5.88 Å². The second kappa shape index (κ2) is 9.51. The highest BCUT2D eigenvalue weighted by Crippen LogP contribution is 2.31. The fraction of sp³-hybridized carbons (Fsp3) is 0.353. The third-order valence-electron chi connectivity index (χ3n) is 4.27. The number of urea groups is 1. The highest BCUT2D eigenvalue weighted by molar-refractivity contribution is 7.11. The predicted molar refractivity (Wildman–Crippen MR) is 106 cm³/mol. The van der Waals surface area contributed by atoms with Gasteiger partial charge in [-0.2, -0.15) is 4.37 Å². The van der Waals surface area contributed by atoms with Crippen LogP contribution < -0.4 is 21.5 Å². The number of carbonyl (C=O) groups excluding carboxylic acids is 2. The molecule has 0 bridgehead atoms. The molecule has 1 aromatic heterocycles. The molecule has 30 heavy (non-hydrogen) atoms. The molecule has 0 spiro atoms. The van der Waals surface area contributed by atoms with Crippen LogP contribution in [0.25, 0.3) is 0 Å². The lowest BCUT2D eigenvalue weighted by Gasteiger charge is -2.32. The van der Waals surface area contributed by atoms with E-state index in [2.05, 4.69) is 9.69 Å². The molecule has 2 aromatic rings. The summed E-state index contributed by atoms with van der Waals surface area (Å²) in [7, 11) is 0. The van der Waals surface area contributed by atoms with Gasteiger partial charge in [0.15, 0.2) is 0 Å². The van der Waals surface area contributed by atoms with Gasteiger partial charge in [-0.3, -0.25) is 10.1 Å². The molecule has 0 saturated carbocycles. The van der Waals surface area contributed by atoms with Gasteiger partial charge in [0.1, 0.15) is 28.8 Å². The van der Waals surface area contributed by atoms with E-state index in [1.807, 2.05) is 0 Å². The maximum Gasteiger partial charge on any atom is 0.322 e. The Morgan fingerprint density at radius 3 is 2.87 bits per heavy atom. The maximum atomic E-state index is 13.9. The van der Waals surface area contributed by atoms with Gasteiger partial charge >= 0.3 is 6.03 Å². The fourth-order valence-electron chi connectivity index (χ4n) is 2.72. The largest absolute Gasteiger partial charge is 0.471 e. The fourth-order valence-corrected chi connectivity index (χ4v) is 3.60. The van der Waals surface area contributed by atoms with Gasteiger partial charge in [-0.25, -0.2) is 13.6 Å². The summed E-state index contributed by atoms with van der Waals surface area (Å²) in [5.41, 5.74) is 10.7. The number of morpholine rings is 1. The van der Waals surface area contributed by atoms with Crippen LogP contribution in [-0.2, 0) is 11.3 Å². The Morgan fingerprint density at radius 1 is 1.40 bits per heavy atom. The Kier molecular flexibility index (Phi) is 7.02. The Labute approximate surface area is 179 Å². The van der Waals surface area contributed by atoms with Gasteiger partial charge in [0.2, 0.25) is 5.88 Å². The first-order valence-corrected chi connectivity index (χ1v) is 9.88. The molecule has 5 N–H and O–H groups in total. The van der Waals surface area contributed by atoms with Gasteiger partial charge < -0.3 is 25.8 Å². The lowest BCUT2D eigenvalue weighted by atomic mass is 10.2. The van der Waals surface area contributed by atoms with Gasteiger partial charge in [-0.15, -0.1) is 0 Å². The van der Waals surface area contributed by atoms with Crippen molar-refractivity contribution in [3.05, 3.63) is 39.9 Å². The molecule has 162 valence electrons. The molecule has 1 aliphatic rings. The smallest absolute Gasteiger partial charge is 0.322 e. The summed E-state index contributed by atoms with van der Waals surface area (Å²) in [5.74, 6) is -2.72. The highest BCUT2D eigenvalue weighted by Gasteiger charge is 2.27. The van der Waals surface area contributed by atoms with Crippen LogP contribution in [0.3, 0.4) is 0 Å². The zero-order chi connectivity index (χ0) is 21.8. The number of nitrogens with zero attached hydrogens (tertiary/aromatic N) is 2. The molecule has 0 aliphatic carbocycles. The first-order chi connectivity index (χ1) is 14.3. The van der Waals surface area contributed by atoms with E-state index in [0.29, 0.717) is 13.2 Å². The molecular weight excluding hydrogens is 444 g/mol. The number of hydrogen-bond acceptors (Lipinski definition) is 7. The van der Waals surface area contributed by atoms with E-state index in [1.54, 1.807) is 0 Å². The standard InChI is InChI=1S/C17H18ClF2N5O4S/c18-10-4-11(19)8(3-12(10)20)7-29-15-13(14(22)26)16(30-24-15)23-17(27)25-1-2-28-9(5-21)6-25/h3-4,9H,1-2,5-7,21H2,(H2,22,26)(H,23,27). The third kappa shape index (κ3) is 4.95. The molecule has 1 fully saturated rings. The molecule has 1 atom stereocenters. The number of primary amides is 1. The second-order valence-electron chi connectivity index (χ2n) is 6.31. The van der Waals surface area contributed by atoms with E-state index >= 15 is 0 Å². The average Bonchev–Trinajstić information content (AvgIpc) is 3.12. The molecule has 1 aliphatic heterocycles. The second-order valence-corrected chi connectivity index (χ2v) is 7.49. The lowest BCUT2D eigenvalue weighted by molar-refractivity contribution is -0.00659. The zero-order valence-corrected chi connectivity index (χ0v) is 17.1. The van der Waals surface area contributed by atoms with Gasteiger partial charge in [-0.1, -0.05) is 11.6 Å². The zero-order valence-electron chi connectivity index (χ0n) is 15.5. The molecule has 0 radical (unpaired) electrons. The van der Waals surface area contributed by atoms with Crippen LogP contribution in [0.1, 0.15) is 15.9 Å². The Morgan fingerprint density at radius 2 is 2.17 bits per heavy atom. The minimum atomic E-state index is -0.904. The lowest BCUT2D eigenvalue weighted by Crippen LogP contribution is -2.49. The van der Waals surface area contributed by atoms with E-state index in [1.165, 1.54) is 4.90 Å². The van der Waals surface area contributed by atoms with Crippen LogP contribution in [0, 0.1) is 11.6 Å². The number of rotatable bonds is 6. The Balaban J connectivity index is 1.73. The van der Waals surface area contributed by atoms with E-state index < -0.39 is 30.2 Å². The van der Waals surface area contributed by atoms with E-state index in [-0.39, 0.29) is 46.2 Å². The molecule has 1 aromatic carbocycles. The highest BCUT2D eigenvalue weighted by atomic mass is 35.5. The summed E-state index contributed by atoms with van der Waals surface area (Å²) in [4.78, 5) is 25.9. The van der Waals surface area contributed by atoms with Gasteiger partial charge in [-0.05, 0) is 23.7 Å². The summed E-state index contributed by atoms with van der Waals surface area (Å²) in [6.45, 7) is 0.795. The summed E-state index contributed by atoms with van der Waals surface area (Å²) in [6.07, 6.45) is -0.282. The van der Waals surface area contributed by atoms with Gasteiger partial charge in [0.25, 0.3) is 5.91 Å². The molecule has 1 unspecified atom stereocenters. The average molecular weight is 462 g/mol. The van der Waals surface area contributed by atoms with Crippen molar-refractivity contribution >= 4 is 40.1 Å². The minimum absolute atomic E-state index is 0.0704. The van der Waals surface area contributed by atoms with E-state index in [4.69, 9.17) is 32.5 Å². The topological polar surface area (TPSA) is 133 Å². The number of aromatic nitrogens is 1. The summed E-state index contributed by atoms with van der Waals surface area (Å²) in [6, 6.07) is 1.21. The Bertz CT molecular complexity index is 960. The molecule has 1 saturated heterocycles. The number of anilines is 1. The van der Waals surface area contributed by atoms with Crippen LogP contribution in [0.15, 0.2) is 12.1 Å². The maximum absolute atomic E-state index is 13.9. The third-order valence-corrected chi connectivity index (χ3v) is 5.31. The molecule has 3 rings (SSSR count). The molecule has 13 heteroatoms. The summed E-state index contributed by atoms with van der Waals surface area (Å²) < 4.78 is 42.2. The van der Waals surface area contributed by atoms with Crippen LogP contribution in [-0.4, -0.2) is 53.6 Å². The first-order valence-electron chi connectivity index (χ1n) is 8.73. The van der Waals surface area contributed by atoms with Crippen molar-refractivity contribution in [1.82, 2.24) is 9.27 Å². The van der Waals surface area contributed by atoms with Crippen molar-refractivity contribution in [2.45, 2.75) is 12.7 Å². The molecule has 3 amide bonds. The quantitative estimate of drug-likeness (QED) is 0.563. The summed E-state index contributed by atoms with van der Waals surface area (Å²) in [5, 5.41) is 2.27. The van der Waals surface area contributed by atoms with Crippen LogP contribution in [0.4, 0.5) is 18.6 Å². The number of nitrogens with two attached hydrogens (primary N) is 2. The van der Waals surface area contributed by atoms with Crippen LogP contribution >= 0.6 is 23.1 Å². The van der Waals surface area contributed by atoms with Crippen molar-refractivity contribution in [1.29, 1.82) is 0 Å². The number of halogens is 3. The van der Waals surface area contributed by atoms with Crippen molar-refractivity contribution in [3.63, 3.8) is 0 Å². The summed E-state index contributed by atoms with van der Waals surface area (Å²) >= 11 is 6.29. The van der Waals surface area contributed by atoms with Crippen molar-refractivity contribution in [2.75, 3.05) is 31.6 Å². The number of nitrogens with one attached hydrogen (secondary N) is 1. The van der Waals surface area contributed by atoms with Gasteiger partial charge in [0.05, 0.1) is 17.7 Å². The van der Waals surface area contributed by atoms with Crippen LogP contribution in [0.2, 0.25) is 5.02 Å². The van der Waals surface area contributed by atoms with Gasteiger partial charge in [0, 0.05) is 25.2 Å². The minimum Gasteiger partial charge on any atom is -0.471 e. The number of carbonyl (C=O) groups is 2. The van der Waals surface area contributed by atoms with Crippen molar-refractivity contribution < 1.29 is 27.8 Å². The Hall–Kier alpha value is -2.54. The number of benzene rings is 1.